The van der Waals surface area contributed by atoms with E-state index < -0.39 is 6.10 Å². The number of carbonyl (C=O) groups excluding carboxylic acids is 1. The Morgan fingerprint density at radius 1 is 1.27 bits per heavy atom. The lowest BCUT2D eigenvalue weighted by atomic mass is 9.59. The molecule has 1 aromatic rings. The van der Waals surface area contributed by atoms with Crippen LogP contribution in [0.25, 0.3) is 0 Å². The summed E-state index contributed by atoms with van der Waals surface area (Å²) in [7, 11) is 3.26. The van der Waals surface area contributed by atoms with E-state index in [1.165, 1.54) is 29.7 Å². The van der Waals surface area contributed by atoms with E-state index in [4.69, 9.17) is 14.2 Å². The van der Waals surface area contributed by atoms with Gasteiger partial charge in [-0.05, 0) is 55.7 Å². The fourth-order valence-electron chi connectivity index (χ4n) is 6.52. The highest BCUT2D eigenvalue weighted by molar-refractivity contribution is 5.76. The van der Waals surface area contributed by atoms with Crippen molar-refractivity contribution < 1.29 is 29.0 Å². The maximum absolute atomic E-state index is 13.0. The Morgan fingerprint density at radius 2 is 2.03 bits per heavy atom. The largest absolute Gasteiger partial charge is 0.493 e. The predicted octanol–water partition coefficient (Wildman–Crippen LogP) is 2.78. The first-order valence-corrected chi connectivity index (χ1v) is 12.4. The van der Waals surface area contributed by atoms with E-state index in [9.17, 15) is 9.90 Å². The van der Waals surface area contributed by atoms with Crippen LogP contribution in [0.3, 0.4) is 0 Å². The van der Waals surface area contributed by atoms with Crippen LogP contribution < -0.4 is 14.4 Å². The van der Waals surface area contributed by atoms with Crippen molar-refractivity contribution in [2.45, 2.75) is 65.2 Å². The summed E-state index contributed by atoms with van der Waals surface area (Å²) >= 11 is 0. The van der Waals surface area contributed by atoms with Crippen molar-refractivity contribution in [1.29, 1.82) is 0 Å². The minimum atomic E-state index is -0.459. The molecule has 1 unspecified atom stereocenters. The van der Waals surface area contributed by atoms with Crippen LogP contribution in [0.4, 0.5) is 0 Å². The molecule has 0 aromatic heterocycles. The highest BCUT2D eigenvalue weighted by Gasteiger charge is 2.52. The number of quaternary nitrogens is 1. The van der Waals surface area contributed by atoms with Gasteiger partial charge in [0.05, 0.1) is 20.8 Å². The van der Waals surface area contributed by atoms with Gasteiger partial charge in [0, 0.05) is 11.5 Å². The molecule has 1 aliphatic heterocycles. The highest BCUT2D eigenvalue weighted by Crippen LogP contribution is 2.53. The Hall–Kier alpha value is -2.05. The maximum atomic E-state index is 13.0. The standard InChI is InChI=1S/C27H39NO5/c1-17-7-6-10-27(3)13-25-20(12-22(17)27)21(26(30)33-25)16-28(14-18(2)29)15-19-8-9-23(31-4)24(11-19)32-5/h8-9,11-12,17-18,20-21,25,29H,6-7,10,13-16H2,1-5H3/p+1/t17-,18+,20+,21+,25+,27+/m0/s1. The zero-order valence-corrected chi connectivity index (χ0v) is 20.7. The molecule has 6 heteroatoms. The van der Waals surface area contributed by atoms with E-state index >= 15 is 0 Å². The molecule has 33 heavy (non-hydrogen) atoms. The molecule has 1 aromatic carbocycles. The van der Waals surface area contributed by atoms with Crippen molar-refractivity contribution in [3.05, 3.63) is 35.4 Å². The summed E-state index contributed by atoms with van der Waals surface area (Å²) in [6, 6.07) is 5.91. The summed E-state index contributed by atoms with van der Waals surface area (Å²) in [6.07, 6.45) is 6.54. The predicted molar refractivity (Wildman–Crippen MR) is 126 cm³/mol. The third-order valence-corrected chi connectivity index (χ3v) is 8.08. The van der Waals surface area contributed by atoms with Crippen LogP contribution in [0.1, 0.15) is 52.0 Å². The molecule has 0 bridgehead atoms. The monoisotopic (exact) mass is 458 g/mol. The van der Waals surface area contributed by atoms with E-state index in [1.54, 1.807) is 14.2 Å². The lowest BCUT2D eigenvalue weighted by molar-refractivity contribution is -0.919. The number of hydrogen-bond donors (Lipinski definition) is 2. The minimum absolute atomic E-state index is 0.0181. The van der Waals surface area contributed by atoms with Gasteiger partial charge in [0.1, 0.15) is 31.2 Å². The Labute approximate surface area is 197 Å². The van der Waals surface area contributed by atoms with Gasteiger partial charge in [-0.1, -0.05) is 31.9 Å². The second kappa shape index (κ2) is 9.67. The zero-order valence-electron chi connectivity index (χ0n) is 20.7. The van der Waals surface area contributed by atoms with Gasteiger partial charge in [0.15, 0.2) is 11.5 Å². The number of aliphatic hydroxyl groups excluding tert-OH is 1. The van der Waals surface area contributed by atoms with Crippen molar-refractivity contribution in [2.75, 3.05) is 27.3 Å². The van der Waals surface area contributed by atoms with Crippen molar-refractivity contribution in [1.82, 2.24) is 0 Å². The summed E-state index contributed by atoms with van der Waals surface area (Å²) < 4.78 is 16.8. The Kier molecular flexibility index (Phi) is 7.06. The second-order valence-electron chi connectivity index (χ2n) is 10.7. The van der Waals surface area contributed by atoms with Gasteiger partial charge in [-0.25, -0.2) is 0 Å². The summed E-state index contributed by atoms with van der Waals surface area (Å²) in [5, 5.41) is 10.2. The average Bonchev–Trinajstić information content (AvgIpc) is 3.05. The van der Waals surface area contributed by atoms with Gasteiger partial charge < -0.3 is 24.2 Å². The van der Waals surface area contributed by atoms with Gasteiger partial charge in [-0.3, -0.25) is 4.79 Å². The fourth-order valence-corrected chi connectivity index (χ4v) is 6.52. The van der Waals surface area contributed by atoms with Crippen molar-refractivity contribution in [2.24, 2.45) is 23.2 Å². The molecule has 1 saturated heterocycles. The van der Waals surface area contributed by atoms with Crippen LogP contribution in [-0.2, 0) is 16.1 Å². The van der Waals surface area contributed by atoms with Crippen LogP contribution in [-0.4, -0.2) is 50.6 Å². The molecule has 2 N–H and O–H groups in total. The Bertz CT molecular complexity index is 896. The molecule has 4 rings (SSSR count). The number of nitrogens with one attached hydrogen (secondary N) is 1. The highest BCUT2D eigenvalue weighted by atomic mass is 16.6. The first kappa shape index (κ1) is 24.1. The smallest absolute Gasteiger partial charge is 0.315 e. The molecular weight excluding hydrogens is 418 g/mol. The molecule has 2 aliphatic carbocycles. The van der Waals surface area contributed by atoms with E-state index in [-0.39, 0.29) is 29.3 Å². The third-order valence-electron chi connectivity index (χ3n) is 8.08. The molecule has 182 valence electrons. The molecule has 2 fully saturated rings. The lowest BCUT2D eigenvalue weighted by Crippen LogP contribution is -3.12. The summed E-state index contributed by atoms with van der Waals surface area (Å²) in [4.78, 5) is 14.2. The minimum Gasteiger partial charge on any atom is -0.493 e. The van der Waals surface area contributed by atoms with Gasteiger partial charge in [0.25, 0.3) is 0 Å². The summed E-state index contributed by atoms with van der Waals surface area (Å²) in [6.45, 7) is 8.40. The molecule has 3 aliphatic rings. The van der Waals surface area contributed by atoms with Crippen LogP contribution in [0, 0.1) is 23.2 Å². The van der Waals surface area contributed by atoms with Crippen molar-refractivity contribution in [3.8, 4) is 11.5 Å². The normalized spacial score (nSPS) is 32.8. The van der Waals surface area contributed by atoms with Crippen LogP contribution >= 0.6 is 0 Å². The molecule has 0 radical (unpaired) electrons. The lowest BCUT2D eigenvalue weighted by Gasteiger charge is -2.46. The van der Waals surface area contributed by atoms with Gasteiger partial charge in [-0.15, -0.1) is 0 Å². The number of rotatable bonds is 8. The van der Waals surface area contributed by atoms with E-state index in [0.29, 0.717) is 37.1 Å². The molecule has 0 spiro atoms. The number of aliphatic hydroxyl groups is 1. The van der Waals surface area contributed by atoms with Gasteiger partial charge in [0.2, 0.25) is 0 Å². The van der Waals surface area contributed by atoms with Crippen LogP contribution in [0.15, 0.2) is 29.8 Å². The number of benzene rings is 1. The molecule has 7 atom stereocenters. The molecule has 1 saturated carbocycles. The molecular formula is C27H40NO5+. The molecule has 0 amide bonds. The number of ether oxygens (including phenoxy) is 3. The van der Waals surface area contributed by atoms with Crippen LogP contribution in [0.5, 0.6) is 11.5 Å². The summed E-state index contributed by atoms with van der Waals surface area (Å²) in [5.74, 6) is 1.85. The zero-order chi connectivity index (χ0) is 23.8. The average molecular weight is 459 g/mol. The molecule has 1 heterocycles. The number of allylic oxidation sites excluding steroid dienone is 1. The van der Waals surface area contributed by atoms with Crippen molar-refractivity contribution >= 4 is 5.97 Å². The number of esters is 1. The Balaban J connectivity index is 1.56. The summed E-state index contributed by atoms with van der Waals surface area (Å²) in [5.41, 5.74) is 2.79. The van der Waals surface area contributed by atoms with E-state index in [1.807, 2.05) is 25.1 Å². The van der Waals surface area contributed by atoms with Crippen molar-refractivity contribution in [3.63, 3.8) is 0 Å². The quantitative estimate of drug-likeness (QED) is 0.463. The van der Waals surface area contributed by atoms with E-state index in [0.717, 1.165) is 12.0 Å². The number of hydrogen-bond acceptors (Lipinski definition) is 5. The Morgan fingerprint density at radius 3 is 2.73 bits per heavy atom. The maximum Gasteiger partial charge on any atom is 0.315 e. The number of carbonyl (C=O) groups is 1. The molecule has 6 nitrogen and oxygen atoms in total. The topological polar surface area (TPSA) is 69.4 Å². The first-order valence-electron chi connectivity index (χ1n) is 12.4. The SMILES string of the molecule is COc1ccc(C[NH+](C[C@@H](C)O)C[C@H]2C(=O)O[C@@H]3C[C@@]4(C)CCC[C@H](C)C4=C[C@@H]32)cc1OC. The van der Waals surface area contributed by atoms with Gasteiger partial charge in [-0.2, -0.15) is 0 Å². The van der Waals surface area contributed by atoms with Gasteiger partial charge >= 0.3 is 5.97 Å². The number of methoxy groups -OCH3 is 2. The number of fused-ring (bicyclic) bond motifs is 2. The second-order valence-corrected chi connectivity index (χ2v) is 10.7. The van der Waals surface area contributed by atoms with E-state index in [2.05, 4.69) is 19.9 Å². The van der Waals surface area contributed by atoms with Crippen LogP contribution in [0.2, 0.25) is 0 Å². The first-order chi connectivity index (χ1) is 15.7. The third kappa shape index (κ3) is 4.92. The fraction of sp³-hybridized carbons (Fsp3) is 0.667.